The average Bonchev–Trinajstić information content (AvgIpc) is 2.06. The summed E-state index contributed by atoms with van der Waals surface area (Å²) in [5, 5.41) is 3.48. The van der Waals surface area contributed by atoms with Crippen LogP contribution in [0, 0.1) is 11.8 Å². The van der Waals surface area contributed by atoms with Crippen LogP contribution in [0.1, 0.15) is 25.7 Å². The molecule has 0 aromatic carbocycles. The Morgan fingerprint density at radius 1 is 1.18 bits per heavy atom. The van der Waals surface area contributed by atoms with E-state index in [0.717, 1.165) is 16.7 Å². The highest BCUT2D eigenvalue weighted by Gasteiger charge is 2.32. The van der Waals surface area contributed by atoms with Gasteiger partial charge in [0.15, 0.2) is 0 Å². The molecule has 3 atom stereocenters. The normalized spacial score (nSPS) is 45.0. The minimum Gasteiger partial charge on any atom is -0.316 e. The lowest BCUT2D eigenvalue weighted by Gasteiger charge is -2.39. The van der Waals surface area contributed by atoms with Crippen molar-refractivity contribution < 1.29 is 0 Å². The van der Waals surface area contributed by atoms with E-state index in [4.69, 9.17) is 0 Å². The van der Waals surface area contributed by atoms with E-state index >= 15 is 0 Å². The Labute approximate surface area is 77.1 Å². The first kappa shape index (κ1) is 8.06. The van der Waals surface area contributed by atoms with E-state index < -0.39 is 0 Å². The van der Waals surface area contributed by atoms with Crippen LogP contribution >= 0.6 is 15.9 Å². The summed E-state index contributed by atoms with van der Waals surface area (Å²) in [6.07, 6.45) is 5.68. The molecule has 1 nitrogen and oxygen atoms in total. The van der Waals surface area contributed by atoms with Crippen LogP contribution in [0.4, 0.5) is 0 Å². The Bertz CT molecular complexity index is 136. The molecule has 1 saturated heterocycles. The van der Waals surface area contributed by atoms with E-state index in [1.54, 1.807) is 0 Å². The van der Waals surface area contributed by atoms with E-state index in [9.17, 15) is 0 Å². The first-order chi connectivity index (χ1) is 5.38. The molecule has 2 aliphatic rings. The lowest BCUT2D eigenvalue weighted by atomic mass is 9.75. The fourth-order valence-corrected chi connectivity index (χ4v) is 3.54. The van der Waals surface area contributed by atoms with Gasteiger partial charge in [-0.05, 0) is 44.2 Å². The minimum atomic E-state index is 0.823. The molecule has 1 aliphatic carbocycles. The molecule has 2 fully saturated rings. The Morgan fingerprint density at radius 3 is 2.91 bits per heavy atom. The van der Waals surface area contributed by atoms with Gasteiger partial charge in [0.2, 0.25) is 0 Å². The quantitative estimate of drug-likeness (QED) is 0.614. The molecule has 0 aromatic rings. The summed E-state index contributed by atoms with van der Waals surface area (Å²) >= 11 is 3.80. The predicted molar refractivity (Wildman–Crippen MR) is 51.0 cm³/mol. The number of nitrogens with one attached hydrogen (secondary N) is 1. The van der Waals surface area contributed by atoms with Gasteiger partial charge in [-0.25, -0.2) is 0 Å². The fourth-order valence-electron chi connectivity index (χ4n) is 2.52. The zero-order valence-electron chi connectivity index (χ0n) is 6.85. The van der Waals surface area contributed by atoms with Gasteiger partial charge in [0.25, 0.3) is 0 Å². The molecule has 1 heterocycles. The second-order valence-electron chi connectivity index (χ2n) is 3.86. The van der Waals surface area contributed by atoms with Crippen molar-refractivity contribution in [3.05, 3.63) is 0 Å². The summed E-state index contributed by atoms with van der Waals surface area (Å²) in [4.78, 5) is 0.823. The molecule has 0 bridgehead atoms. The van der Waals surface area contributed by atoms with Gasteiger partial charge in [0.05, 0.1) is 0 Å². The molecular formula is C9H16BrN. The predicted octanol–water partition coefficient (Wildman–Crippen LogP) is 2.16. The molecular weight excluding hydrogens is 202 g/mol. The fraction of sp³-hybridized carbons (Fsp3) is 1.00. The third kappa shape index (κ3) is 1.62. The van der Waals surface area contributed by atoms with Crippen molar-refractivity contribution in [3.8, 4) is 0 Å². The van der Waals surface area contributed by atoms with Crippen molar-refractivity contribution in [1.82, 2.24) is 5.32 Å². The lowest BCUT2D eigenvalue weighted by Crippen LogP contribution is -2.42. The van der Waals surface area contributed by atoms with Gasteiger partial charge in [0.1, 0.15) is 0 Å². The standard InChI is InChI=1S/C9H16BrN/c10-9-3-1-2-7-6-11-5-4-8(7)9/h7-9,11H,1-6H2/t7-,8+,9-/m0/s1. The van der Waals surface area contributed by atoms with Crippen LogP contribution in [0.5, 0.6) is 0 Å². The summed E-state index contributed by atoms with van der Waals surface area (Å²) in [6.45, 7) is 2.51. The largest absolute Gasteiger partial charge is 0.316 e. The molecule has 1 saturated carbocycles. The van der Waals surface area contributed by atoms with Gasteiger partial charge in [-0.2, -0.15) is 0 Å². The van der Waals surface area contributed by atoms with E-state index in [-0.39, 0.29) is 0 Å². The summed E-state index contributed by atoms with van der Waals surface area (Å²) in [5.41, 5.74) is 0. The van der Waals surface area contributed by atoms with Crippen LogP contribution in [-0.4, -0.2) is 17.9 Å². The molecule has 64 valence electrons. The highest BCUT2D eigenvalue weighted by atomic mass is 79.9. The maximum absolute atomic E-state index is 3.80. The van der Waals surface area contributed by atoms with Gasteiger partial charge >= 0.3 is 0 Å². The molecule has 2 heteroatoms. The number of halogens is 1. The van der Waals surface area contributed by atoms with Crippen LogP contribution in [-0.2, 0) is 0 Å². The number of hydrogen-bond donors (Lipinski definition) is 1. The van der Waals surface area contributed by atoms with E-state index in [1.807, 2.05) is 0 Å². The van der Waals surface area contributed by atoms with Crippen molar-refractivity contribution in [2.24, 2.45) is 11.8 Å². The van der Waals surface area contributed by atoms with Crippen LogP contribution in [0.25, 0.3) is 0 Å². The first-order valence-electron chi connectivity index (χ1n) is 4.72. The third-order valence-corrected chi connectivity index (χ3v) is 4.32. The molecule has 1 aliphatic heterocycles. The maximum Gasteiger partial charge on any atom is 0.0177 e. The van der Waals surface area contributed by atoms with Gasteiger partial charge in [0, 0.05) is 4.83 Å². The third-order valence-electron chi connectivity index (χ3n) is 3.19. The monoisotopic (exact) mass is 217 g/mol. The minimum absolute atomic E-state index is 0.823. The Balaban J connectivity index is 1.99. The van der Waals surface area contributed by atoms with Crippen LogP contribution in [0.3, 0.4) is 0 Å². The van der Waals surface area contributed by atoms with Gasteiger partial charge in [-0.1, -0.05) is 22.4 Å². The van der Waals surface area contributed by atoms with Crippen molar-refractivity contribution in [2.45, 2.75) is 30.5 Å². The molecule has 0 radical (unpaired) electrons. The zero-order valence-corrected chi connectivity index (χ0v) is 8.44. The van der Waals surface area contributed by atoms with Gasteiger partial charge in [-0.3, -0.25) is 0 Å². The van der Waals surface area contributed by atoms with Crippen LogP contribution in [0.15, 0.2) is 0 Å². The average molecular weight is 218 g/mol. The highest BCUT2D eigenvalue weighted by molar-refractivity contribution is 9.09. The van der Waals surface area contributed by atoms with E-state index in [1.165, 1.54) is 38.8 Å². The molecule has 2 rings (SSSR count). The van der Waals surface area contributed by atoms with Crippen molar-refractivity contribution in [3.63, 3.8) is 0 Å². The zero-order chi connectivity index (χ0) is 7.68. The van der Waals surface area contributed by atoms with Crippen molar-refractivity contribution in [2.75, 3.05) is 13.1 Å². The highest BCUT2D eigenvalue weighted by Crippen LogP contribution is 2.37. The lowest BCUT2D eigenvalue weighted by molar-refractivity contribution is 0.195. The topological polar surface area (TPSA) is 12.0 Å². The van der Waals surface area contributed by atoms with Gasteiger partial charge in [-0.15, -0.1) is 0 Å². The smallest absolute Gasteiger partial charge is 0.0177 e. The SMILES string of the molecule is Br[C@H]1CCC[C@H]2CNCC[C@H]21. The summed E-state index contributed by atoms with van der Waals surface area (Å²) in [6, 6.07) is 0. The molecule has 0 aromatic heterocycles. The summed E-state index contributed by atoms with van der Waals surface area (Å²) in [5.74, 6) is 1.95. The second kappa shape index (κ2) is 3.44. The number of piperidine rings is 1. The Morgan fingerprint density at radius 2 is 2.09 bits per heavy atom. The summed E-state index contributed by atoms with van der Waals surface area (Å²) < 4.78 is 0. The van der Waals surface area contributed by atoms with Gasteiger partial charge < -0.3 is 5.32 Å². The van der Waals surface area contributed by atoms with Crippen molar-refractivity contribution in [1.29, 1.82) is 0 Å². The molecule has 1 N–H and O–H groups in total. The van der Waals surface area contributed by atoms with Crippen molar-refractivity contribution >= 4 is 15.9 Å². The number of alkyl halides is 1. The van der Waals surface area contributed by atoms with Crippen LogP contribution < -0.4 is 5.32 Å². The Kier molecular flexibility index (Phi) is 2.52. The second-order valence-corrected chi connectivity index (χ2v) is 5.04. The summed E-state index contributed by atoms with van der Waals surface area (Å²) in [7, 11) is 0. The Hall–Kier alpha value is 0.440. The van der Waals surface area contributed by atoms with Crippen LogP contribution in [0.2, 0.25) is 0 Å². The molecule has 0 amide bonds. The molecule has 11 heavy (non-hydrogen) atoms. The van der Waals surface area contributed by atoms with E-state index in [2.05, 4.69) is 21.2 Å². The number of rotatable bonds is 0. The number of hydrogen-bond acceptors (Lipinski definition) is 1. The molecule has 0 spiro atoms. The number of fused-ring (bicyclic) bond motifs is 1. The maximum atomic E-state index is 3.80. The molecule has 0 unspecified atom stereocenters. The first-order valence-corrected chi connectivity index (χ1v) is 5.64. The van der Waals surface area contributed by atoms with E-state index in [0.29, 0.717) is 0 Å².